The number of nitro groups is 1. The summed E-state index contributed by atoms with van der Waals surface area (Å²) < 4.78 is 12.8. The van der Waals surface area contributed by atoms with Gasteiger partial charge < -0.3 is 14.0 Å². The van der Waals surface area contributed by atoms with Gasteiger partial charge in [0.05, 0.1) is 23.3 Å². The summed E-state index contributed by atoms with van der Waals surface area (Å²) in [5.41, 5.74) is 0.641. The fraction of sp³-hybridized carbons (Fsp3) is 0.211. The second-order valence-electron chi connectivity index (χ2n) is 5.80. The van der Waals surface area contributed by atoms with Crippen molar-refractivity contribution in [1.29, 1.82) is 0 Å². The van der Waals surface area contributed by atoms with Crippen molar-refractivity contribution in [3.8, 4) is 5.75 Å². The molecule has 0 aliphatic carbocycles. The van der Waals surface area contributed by atoms with Gasteiger partial charge in [0.25, 0.3) is 5.91 Å². The Morgan fingerprint density at radius 2 is 2.07 bits per heavy atom. The first-order chi connectivity index (χ1) is 14.4. The Bertz CT molecular complexity index is 1200. The molecule has 1 amide bonds. The van der Waals surface area contributed by atoms with E-state index in [1.807, 2.05) is 12.1 Å². The number of aromatic nitrogens is 1. The predicted octanol–water partition coefficient (Wildman–Crippen LogP) is 3.38. The fourth-order valence-electron chi connectivity index (χ4n) is 2.64. The second kappa shape index (κ2) is 9.46. The Morgan fingerprint density at radius 3 is 2.73 bits per heavy atom. The molecular weight excluding hydrogens is 430 g/mol. The van der Waals surface area contributed by atoms with Crippen molar-refractivity contribution in [1.82, 2.24) is 4.57 Å². The summed E-state index contributed by atoms with van der Waals surface area (Å²) in [6.07, 6.45) is 2.69. The number of methoxy groups -OCH3 is 1. The second-order valence-corrected chi connectivity index (χ2v) is 7.90. The summed E-state index contributed by atoms with van der Waals surface area (Å²) >= 11 is 2.19. The Balaban J connectivity index is 1.99. The van der Waals surface area contributed by atoms with Crippen LogP contribution in [-0.2, 0) is 20.9 Å². The Morgan fingerprint density at radius 1 is 1.27 bits per heavy atom. The van der Waals surface area contributed by atoms with Gasteiger partial charge in [-0.05, 0) is 31.2 Å². The van der Waals surface area contributed by atoms with Crippen molar-refractivity contribution in [3.05, 3.63) is 56.2 Å². The Kier molecular flexibility index (Phi) is 6.75. The van der Waals surface area contributed by atoms with Gasteiger partial charge in [0, 0.05) is 17.0 Å². The first-order valence-electron chi connectivity index (χ1n) is 8.76. The van der Waals surface area contributed by atoms with Crippen molar-refractivity contribution >= 4 is 55.8 Å². The number of hydrogen-bond donors (Lipinski definition) is 0. The maximum absolute atomic E-state index is 12.4. The maximum atomic E-state index is 12.4. The number of carbonyl (C=O) groups excluding carboxylic acids is 2. The minimum Gasteiger partial charge on any atom is -0.495 e. The number of carbonyl (C=O) groups is 2. The van der Waals surface area contributed by atoms with E-state index in [-0.39, 0.29) is 18.2 Å². The molecule has 156 valence electrons. The van der Waals surface area contributed by atoms with E-state index in [1.54, 1.807) is 23.6 Å². The van der Waals surface area contributed by atoms with Crippen LogP contribution in [0.3, 0.4) is 0 Å². The lowest BCUT2D eigenvalue weighted by atomic mass is 10.3. The summed E-state index contributed by atoms with van der Waals surface area (Å²) in [4.78, 5) is 39.7. The van der Waals surface area contributed by atoms with Crippen LogP contribution >= 0.6 is 22.7 Å². The third-order valence-electron chi connectivity index (χ3n) is 3.87. The van der Waals surface area contributed by atoms with E-state index in [2.05, 4.69) is 4.99 Å². The van der Waals surface area contributed by atoms with Gasteiger partial charge in [-0.1, -0.05) is 28.7 Å². The van der Waals surface area contributed by atoms with Crippen LogP contribution < -0.4 is 9.54 Å². The van der Waals surface area contributed by atoms with E-state index in [0.717, 1.165) is 16.0 Å². The van der Waals surface area contributed by atoms with Gasteiger partial charge in [0.15, 0.2) is 4.80 Å². The Labute approximate surface area is 178 Å². The van der Waals surface area contributed by atoms with Crippen LogP contribution in [0.1, 0.15) is 11.8 Å². The molecule has 30 heavy (non-hydrogen) atoms. The molecule has 3 aromatic rings. The molecule has 0 atom stereocenters. The lowest BCUT2D eigenvalue weighted by Gasteiger charge is -2.08. The van der Waals surface area contributed by atoms with E-state index >= 15 is 0 Å². The number of para-hydroxylation sites is 1. The minimum absolute atomic E-state index is 0.0112. The summed E-state index contributed by atoms with van der Waals surface area (Å²) in [6, 6.07) is 8.33. The van der Waals surface area contributed by atoms with Crippen LogP contribution in [0.15, 0.2) is 41.4 Å². The van der Waals surface area contributed by atoms with Crippen molar-refractivity contribution in [3.63, 3.8) is 0 Å². The molecule has 0 fully saturated rings. The van der Waals surface area contributed by atoms with Crippen molar-refractivity contribution in [2.24, 2.45) is 4.99 Å². The normalized spacial score (nSPS) is 11.9. The number of benzene rings is 1. The third kappa shape index (κ3) is 4.81. The molecule has 0 unspecified atom stereocenters. The molecule has 0 aliphatic rings. The van der Waals surface area contributed by atoms with Crippen LogP contribution in [0, 0.1) is 10.1 Å². The predicted molar refractivity (Wildman–Crippen MR) is 114 cm³/mol. The summed E-state index contributed by atoms with van der Waals surface area (Å²) in [5.74, 6) is -0.476. The molecule has 2 aromatic heterocycles. The number of fused-ring (bicyclic) bond motifs is 1. The zero-order chi connectivity index (χ0) is 21.7. The molecule has 0 saturated carbocycles. The average Bonchev–Trinajstić information content (AvgIpc) is 3.32. The van der Waals surface area contributed by atoms with Gasteiger partial charge in [0.2, 0.25) is 0 Å². The average molecular weight is 447 g/mol. The van der Waals surface area contributed by atoms with Crippen LogP contribution in [0.25, 0.3) is 16.3 Å². The minimum atomic E-state index is -0.561. The highest BCUT2D eigenvalue weighted by atomic mass is 32.1. The van der Waals surface area contributed by atoms with Crippen molar-refractivity contribution in [2.45, 2.75) is 13.5 Å². The molecule has 0 radical (unpaired) electrons. The van der Waals surface area contributed by atoms with Crippen molar-refractivity contribution < 1.29 is 24.0 Å². The quantitative estimate of drug-likeness (QED) is 0.237. The summed E-state index contributed by atoms with van der Waals surface area (Å²) in [6.45, 7) is 1.82. The van der Waals surface area contributed by atoms with Gasteiger partial charge in [-0.15, -0.1) is 0 Å². The zero-order valence-electron chi connectivity index (χ0n) is 16.1. The molecule has 2 heterocycles. The highest BCUT2D eigenvalue weighted by molar-refractivity contribution is 7.16. The molecule has 11 heteroatoms. The molecule has 0 saturated heterocycles. The number of hydrogen-bond acceptors (Lipinski definition) is 8. The van der Waals surface area contributed by atoms with E-state index in [1.165, 1.54) is 36.7 Å². The first kappa shape index (κ1) is 21.4. The molecule has 9 nitrogen and oxygen atoms in total. The van der Waals surface area contributed by atoms with Gasteiger partial charge in [0.1, 0.15) is 17.8 Å². The topological polar surface area (TPSA) is 113 Å². The zero-order valence-corrected chi connectivity index (χ0v) is 17.7. The number of ether oxygens (including phenoxy) is 2. The summed E-state index contributed by atoms with van der Waals surface area (Å²) in [5, 5.41) is 10.7. The lowest BCUT2D eigenvalue weighted by Crippen LogP contribution is -2.23. The van der Waals surface area contributed by atoms with Crippen LogP contribution in [0.4, 0.5) is 5.00 Å². The Hall–Kier alpha value is -3.31. The number of rotatable bonds is 7. The van der Waals surface area contributed by atoms with Crippen LogP contribution in [-0.4, -0.2) is 35.1 Å². The molecule has 1 aromatic carbocycles. The number of esters is 1. The largest absolute Gasteiger partial charge is 0.495 e. The first-order valence-corrected chi connectivity index (χ1v) is 10.4. The van der Waals surface area contributed by atoms with Gasteiger partial charge in [-0.25, -0.2) is 0 Å². The monoisotopic (exact) mass is 447 g/mol. The van der Waals surface area contributed by atoms with E-state index in [0.29, 0.717) is 20.9 Å². The molecule has 0 N–H and O–H groups in total. The highest BCUT2D eigenvalue weighted by Gasteiger charge is 2.15. The molecular formula is C19H17N3O6S2. The smallest absolute Gasteiger partial charge is 0.326 e. The maximum Gasteiger partial charge on any atom is 0.326 e. The molecule has 3 rings (SSSR count). The van der Waals surface area contributed by atoms with E-state index in [4.69, 9.17) is 9.47 Å². The standard InChI is InChI=1S/C19H17N3O6S2/c1-3-28-17(24)11-21-18-13(27-2)5-4-6-14(18)30-19(21)20-15(23)9-7-12-8-10-16(29-12)22(25)26/h4-10H,3,11H2,1-2H3. The number of amides is 1. The fourth-order valence-corrected chi connectivity index (χ4v) is 4.42. The number of thiophene rings is 1. The SMILES string of the molecule is CCOC(=O)Cn1c(=NC(=O)C=Cc2ccc([N+](=O)[O-])s2)sc2cccc(OC)c21. The van der Waals surface area contributed by atoms with Gasteiger partial charge in [-0.3, -0.25) is 19.7 Å². The molecule has 0 aliphatic heterocycles. The van der Waals surface area contributed by atoms with E-state index in [9.17, 15) is 19.7 Å². The van der Waals surface area contributed by atoms with E-state index < -0.39 is 16.8 Å². The van der Waals surface area contributed by atoms with Crippen LogP contribution in [0.2, 0.25) is 0 Å². The summed E-state index contributed by atoms with van der Waals surface area (Å²) in [7, 11) is 1.52. The lowest BCUT2D eigenvalue weighted by molar-refractivity contribution is -0.380. The number of thiazole rings is 1. The number of nitrogens with zero attached hydrogens (tertiary/aromatic N) is 3. The van der Waals surface area contributed by atoms with Crippen molar-refractivity contribution in [2.75, 3.05) is 13.7 Å². The van der Waals surface area contributed by atoms with Gasteiger partial charge in [-0.2, -0.15) is 4.99 Å². The molecule has 0 spiro atoms. The van der Waals surface area contributed by atoms with Crippen LogP contribution in [0.5, 0.6) is 5.75 Å². The third-order valence-corrected chi connectivity index (χ3v) is 5.91. The molecule has 0 bridgehead atoms. The highest BCUT2D eigenvalue weighted by Crippen LogP contribution is 2.27. The van der Waals surface area contributed by atoms with Gasteiger partial charge >= 0.3 is 11.0 Å².